The van der Waals surface area contributed by atoms with Gasteiger partial charge in [-0.3, -0.25) is 4.98 Å². The van der Waals surface area contributed by atoms with Crippen molar-refractivity contribution in [2.75, 3.05) is 5.73 Å². The van der Waals surface area contributed by atoms with Crippen molar-refractivity contribution in [1.29, 1.82) is 0 Å². The topological polar surface area (TPSA) is 65.2 Å². The molecule has 2 N–H and O–H groups in total. The molecule has 2 heterocycles. The zero-order valence-corrected chi connectivity index (χ0v) is 12.0. The Morgan fingerprint density at radius 1 is 1.56 bits per heavy atom. The standard InChI is InChI=1S/C12H11BrN2O2S/c1-7-11(3-9(14)4-15-7)12(16)17-5-10-2-8(13)6-18-10/h2-4,6H,5,14H2,1H3. The van der Waals surface area contributed by atoms with Gasteiger partial charge in [-0.1, -0.05) is 0 Å². The number of halogens is 1. The van der Waals surface area contributed by atoms with E-state index in [-0.39, 0.29) is 6.61 Å². The molecule has 0 radical (unpaired) electrons. The van der Waals surface area contributed by atoms with Gasteiger partial charge in [0.2, 0.25) is 0 Å². The second-order valence-corrected chi connectivity index (χ2v) is 5.62. The number of esters is 1. The van der Waals surface area contributed by atoms with Crippen molar-refractivity contribution in [3.8, 4) is 0 Å². The first-order valence-corrected chi connectivity index (χ1v) is 6.85. The Hall–Kier alpha value is -1.40. The third kappa shape index (κ3) is 3.08. The summed E-state index contributed by atoms with van der Waals surface area (Å²) in [6.45, 7) is 2.00. The van der Waals surface area contributed by atoms with Crippen molar-refractivity contribution in [1.82, 2.24) is 4.98 Å². The molecule has 0 amide bonds. The van der Waals surface area contributed by atoms with E-state index in [0.717, 1.165) is 9.35 Å². The van der Waals surface area contributed by atoms with Gasteiger partial charge < -0.3 is 10.5 Å². The van der Waals surface area contributed by atoms with Gasteiger partial charge in [0.05, 0.1) is 23.1 Å². The third-order valence-electron chi connectivity index (χ3n) is 2.30. The van der Waals surface area contributed by atoms with Gasteiger partial charge in [-0.05, 0) is 35.0 Å². The lowest BCUT2D eigenvalue weighted by Gasteiger charge is -2.06. The van der Waals surface area contributed by atoms with E-state index in [1.165, 1.54) is 17.5 Å². The van der Waals surface area contributed by atoms with Crippen LogP contribution in [-0.4, -0.2) is 11.0 Å². The van der Waals surface area contributed by atoms with Crippen molar-refractivity contribution in [2.45, 2.75) is 13.5 Å². The number of nitrogen functional groups attached to an aromatic ring is 1. The van der Waals surface area contributed by atoms with Crippen LogP contribution in [0.15, 0.2) is 28.2 Å². The average molecular weight is 327 g/mol. The van der Waals surface area contributed by atoms with E-state index < -0.39 is 5.97 Å². The van der Waals surface area contributed by atoms with Crippen LogP contribution in [0.3, 0.4) is 0 Å². The number of carbonyl (C=O) groups is 1. The van der Waals surface area contributed by atoms with Gasteiger partial charge in [0, 0.05) is 14.7 Å². The lowest BCUT2D eigenvalue weighted by Crippen LogP contribution is -2.08. The van der Waals surface area contributed by atoms with Crippen LogP contribution >= 0.6 is 27.3 Å². The van der Waals surface area contributed by atoms with E-state index in [0.29, 0.717) is 16.9 Å². The molecule has 2 aromatic rings. The van der Waals surface area contributed by atoms with Crippen LogP contribution in [0.5, 0.6) is 0 Å². The molecule has 0 aliphatic carbocycles. The minimum absolute atomic E-state index is 0.253. The molecule has 2 rings (SSSR count). The van der Waals surface area contributed by atoms with Crippen LogP contribution in [0.1, 0.15) is 20.9 Å². The highest BCUT2D eigenvalue weighted by Crippen LogP contribution is 2.21. The van der Waals surface area contributed by atoms with E-state index >= 15 is 0 Å². The maximum atomic E-state index is 11.9. The number of nitrogens with two attached hydrogens (primary N) is 1. The number of thiophene rings is 1. The van der Waals surface area contributed by atoms with Crippen LogP contribution < -0.4 is 5.73 Å². The maximum absolute atomic E-state index is 11.9. The summed E-state index contributed by atoms with van der Waals surface area (Å²) in [6, 6.07) is 3.50. The van der Waals surface area contributed by atoms with Crippen molar-refractivity contribution in [3.05, 3.63) is 44.3 Å². The molecule has 0 aliphatic heterocycles. The number of aryl methyl sites for hydroxylation is 1. The molecule has 94 valence electrons. The second-order valence-electron chi connectivity index (χ2n) is 3.71. The molecule has 0 unspecified atom stereocenters. The van der Waals surface area contributed by atoms with E-state index in [2.05, 4.69) is 20.9 Å². The molecular weight excluding hydrogens is 316 g/mol. The molecule has 0 bridgehead atoms. The first-order chi connectivity index (χ1) is 8.56. The average Bonchev–Trinajstić information content (AvgIpc) is 2.75. The number of aromatic nitrogens is 1. The summed E-state index contributed by atoms with van der Waals surface area (Å²) in [7, 11) is 0. The monoisotopic (exact) mass is 326 g/mol. The molecule has 0 atom stereocenters. The minimum atomic E-state index is -0.406. The van der Waals surface area contributed by atoms with Gasteiger partial charge in [0.25, 0.3) is 0 Å². The molecule has 0 fully saturated rings. The van der Waals surface area contributed by atoms with E-state index in [9.17, 15) is 4.79 Å². The predicted molar refractivity (Wildman–Crippen MR) is 74.5 cm³/mol. The molecule has 18 heavy (non-hydrogen) atoms. The summed E-state index contributed by atoms with van der Waals surface area (Å²) in [6.07, 6.45) is 1.52. The largest absolute Gasteiger partial charge is 0.456 e. The van der Waals surface area contributed by atoms with Gasteiger partial charge in [-0.25, -0.2) is 4.79 Å². The quantitative estimate of drug-likeness (QED) is 0.880. The Balaban J connectivity index is 2.05. The number of ether oxygens (including phenoxy) is 1. The second kappa shape index (κ2) is 5.49. The Morgan fingerprint density at radius 2 is 2.33 bits per heavy atom. The van der Waals surface area contributed by atoms with Gasteiger partial charge in [-0.15, -0.1) is 11.3 Å². The normalized spacial score (nSPS) is 10.3. The Kier molecular flexibility index (Phi) is 3.98. The SMILES string of the molecule is Cc1ncc(N)cc1C(=O)OCc1cc(Br)cs1. The van der Waals surface area contributed by atoms with Gasteiger partial charge in [0.15, 0.2) is 0 Å². The van der Waals surface area contributed by atoms with Crippen molar-refractivity contribution in [3.63, 3.8) is 0 Å². The first-order valence-electron chi connectivity index (χ1n) is 5.18. The molecule has 0 aliphatic rings. The Morgan fingerprint density at radius 3 is 3.00 bits per heavy atom. The summed E-state index contributed by atoms with van der Waals surface area (Å²) in [5.74, 6) is -0.406. The van der Waals surface area contributed by atoms with E-state index in [1.54, 1.807) is 13.0 Å². The predicted octanol–water partition coefficient (Wildman–Crippen LogP) is 3.15. The smallest absolute Gasteiger partial charge is 0.340 e. The Bertz CT molecular complexity index is 583. The van der Waals surface area contributed by atoms with Crippen LogP contribution in [0.25, 0.3) is 0 Å². The molecule has 0 saturated carbocycles. The van der Waals surface area contributed by atoms with Crippen LogP contribution in [-0.2, 0) is 11.3 Å². The van der Waals surface area contributed by atoms with Gasteiger partial charge in [-0.2, -0.15) is 0 Å². The van der Waals surface area contributed by atoms with Crippen molar-refractivity contribution in [2.24, 2.45) is 0 Å². The number of carbonyl (C=O) groups excluding carboxylic acids is 1. The van der Waals surface area contributed by atoms with Crippen LogP contribution in [0, 0.1) is 6.92 Å². The highest BCUT2D eigenvalue weighted by molar-refractivity contribution is 9.10. The summed E-state index contributed by atoms with van der Waals surface area (Å²) < 4.78 is 6.20. The van der Waals surface area contributed by atoms with Gasteiger partial charge in [0.1, 0.15) is 6.61 Å². The zero-order chi connectivity index (χ0) is 13.1. The number of hydrogen-bond acceptors (Lipinski definition) is 5. The number of pyridine rings is 1. The zero-order valence-electron chi connectivity index (χ0n) is 9.64. The fourth-order valence-corrected chi connectivity index (χ4v) is 2.76. The molecule has 6 heteroatoms. The lowest BCUT2D eigenvalue weighted by atomic mass is 10.2. The molecular formula is C12H11BrN2O2S. The van der Waals surface area contributed by atoms with Crippen molar-refractivity contribution >= 4 is 38.9 Å². The maximum Gasteiger partial charge on any atom is 0.340 e. The summed E-state index contributed by atoms with van der Waals surface area (Å²) in [5, 5.41) is 1.94. The highest BCUT2D eigenvalue weighted by atomic mass is 79.9. The molecule has 0 spiro atoms. The van der Waals surface area contributed by atoms with E-state index in [1.807, 2.05) is 11.4 Å². The lowest BCUT2D eigenvalue weighted by molar-refractivity contribution is 0.0475. The molecule has 2 aromatic heterocycles. The molecule has 4 nitrogen and oxygen atoms in total. The minimum Gasteiger partial charge on any atom is -0.456 e. The third-order valence-corrected chi connectivity index (χ3v) is 3.97. The van der Waals surface area contributed by atoms with Crippen molar-refractivity contribution < 1.29 is 9.53 Å². The summed E-state index contributed by atoms with van der Waals surface area (Å²) in [4.78, 5) is 16.9. The Labute approximate surface area is 117 Å². The summed E-state index contributed by atoms with van der Waals surface area (Å²) >= 11 is 4.88. The fraction of sp³-hybridized carbons (Fsp3) is 0.167. The number of hydrogen-bond donors (Lipinski definition) is 1. The van der Waals surface area contributed by atoms with Gasteiger partial charge >= 0.3 is 5.97 Å². The number of nitrogens with zero attached hydrogens (tertiary/aromatic N) is 1. The first kappa shape index (κ1) is 13.0. The number of rotatable bonds is 3. The highest BCUT2D eigenvalue weighted by Gasteiger charge is 2.12. The summed E-state index contributed by atoms with van der Waals surface area (Å²) in [5.41, 5.74) is 7.07. The molecule has 0 aromatic carbocycles. The van der Waals surface area contributed by atoms with E-state index in [4.69, 9.17) is 10.5 Å². The fourth-order valence-electron chi connectivity index (χ4n) is 1.40. The molecule has 0 saturated heterocycles. The van der Waals surface area contributed by atoms with Crippen LogP contribution in [0.2, 0.25) is 0 Å². The number of anilines is 1. The van der Waals surface area contributed by atoms with Crippen LogP contribution in [0.4, 0.5) is 5.69 Å².